The van der Waals surface area contributed by atoms with Gasteiger partial charge in [0, 0.05) is 31.6 Å². The number of fused-ring (bicyclic) bond motifs is 1. The zero-order valence-corrected chi connectivity index (χ0v) is 21.0. The molecule has 5 heteroatoms. The SMILES string of the molecule is C[C@@H](NCC1CN(C(=O)[C@H]2CC[C@@H](C(=O)O)C2)CCC1c1ccccc1)c1cccc2ccccc12. The summed E-state index contributed by atoms with van der Waals surface area (Å²) < 4.78 is 0. The number of nitrogens with zero attached hydrogens (tertiary/aromatic N) is 1. The minimum Gasteiger partial charge on any atom is -0.481 e. The highest BCUT2D eigenvalue weighted by Gasteiger charge is 2.39. The van der Waals surface area contributed by atoms with Crippen molar-refractivity contribution < 1.29 is 14.7 Å². The summed E-state index contributed by atoms with van der Waals surface area (Å²) in [6.07, 6.45) is 2.71. The van der Waals surface area contributed by atoms with Crippen LogP contribution < -0.4 is 5.32 Å². The highest BCUT2D eigenvalue weighted by molar-refractivity contribution is 5.86. The van der Waals surface area contributed by atoms with Gasteiger partial charge in [0.1, 0.15) is 0 Å². The first kappa shape index (κ1) is 24.5. The molecule has 1 aliphatic heterocycles. The van der Waals surface area contributed by atoms with Crippen molar-refractivity contribution in [2.24, 2.45) is 17.8 Å². The summed E-state index contributed by atoms with van der Waals surface area (Å²) in [6.45, 7) is 4.48. The van der Waals surface area contributed by atoms with Crippen LogP contribution in [0.1, 0.15) is 55.7 Å². The van der Waals surface area contributed by atoms with Gasteiger partial charge in [-0.05, 0) is 66.3 Å². The van der Waals surface area contributed by atoms with Gasteiger partial charge in [0.25, 0.3) is 0 Å². The Morgan fingerprint density at radius 2 is 1.67 bits per heavy atom. The van der Waals surface area contributed by atoms with Crippen molar-refractivity contribution in [1.29, 1.82) is 0 Å². The number of nitrogens with one attached hydrogen (secondary N) is 1. The van der Waals surface area contributed by atoms with Gasteiger partial charge in [0.05, 0.1) is 5.92 Å². The summed E-state index contributed by atoms with van der Waals surface area (Å²) in [5.41, 5.74) is 2.62. The van der Waals surface area contributed by atoms with Gasteiger partial charge in [0.15, 0.2) is 0 Å². The molecule has 5 rings (SSSR count). The van der Waals surface area contributed by atoms with E-state index in [0.717, 1.165) is 19.5 Å². The molecule has 2 aliphatic rings. The van der Waals surface area contributed by atoms with E-state index in [2.05, 4.69) is 85.0 Å². The quantitative estimate of drug-likeness (QED) is 0.456. The number of benzene rings is 3. The standard InChI is InChI=1S/C31H36N2O3/c1-21(27-13-7-11-23-10-5-6-12-29(23)27)32-19-26-20-33(17-16-28(26)22-8-3-2-4-9-22)30(34)24-14-15-25(18-24)31(35)36/h2-13,21,24-26,28,32H,14-20H2,1H3,(H,35,36)/t21-,24+,25-,26?,28?/m1/s1. The Morgan fingerprint density at radius 3 is 2.44 bits per heavy atom. The van der Waals surface area contributed by atoms with Crippen molar-refractivity contribution in [3.8, 4) is 0 Å². The molecule has 1 heterocycles. The molecule has 5 nitrogen and oxygen atoms in total. The molecule has 5 atom stereocenters. The Hall–Kier alpha value is -3.18. The lowest BCUT2D eigenvalue weighted by molar-refractivity contribution is -0.142. The molecule has 1 aliphatic carbocycles. The second-order valence-corrected chi connectivity index (χ2v) is 10.6. The fourth-order valence-corrected chi connectivity index (χ4v) is 6.33. The predicted octanol–water partition coefficient (Wildman–Crippen LogP) is 5.62. The predicted molar refractivity (Wildman–Crippen MR) is 143 cm³/mol. The number of hydrogen-bond acceptors (Lipinski definition) is 3. The van der Waals surface area contributed by atoms with Gasteiger partial charge < -0.3 is 15.3 Å². The number of aliphatic carboxylic acids is 1. The summed E-state index contributed by atoms with van der Waals surface area (Å²) in [5, 5.41) is 15.7. The molecule has 2 unspecified atom stereocenters. The largest absolute Gasteiger partial charge is 0.481 e. The van der Waals surface area contributed by atoms with Crippen LogP contribution in [0.2, 0.25) is 0 Å². The molecule has 1 saturated carbocycles. The van der Waals surface area contributed by atoms with Crippen molar-refractivity contribution in [2.75, 3.05) is 19.6 Å². The monoisotopic (exact) mass is 484 g/mol. The lowest BCUT2D eigenvalue weighted by Gasteiger charge is -2.40. The maximum absolute atomic E-state index is 13.4. The van der Waals surface area contributed by atoms with E-state index in [1.807, 2.05) is 4.90 Å². The fourth-order valence-electron chi connectivity index (χ4n) is 6.33. The van der Waals surface area contributed by atoms with Crippen LogP contribution in [0.3, 0.4) is 0 Å². The van der Waals surface area contributed by atoms with Gasteiger partial charge in [-0.2, -0.15) is 0 Å². The number of carbonyl (C=O) groups is 2. The third kappa shape index (κ3) is 5.17. The molecule has 0 radical (unpaired) electrons. The minimum absolute atomic E-state index is 0.150. The van der Waals surface area contributed by atoms with Gasteiger partial charge >= 0.3 is 5.97 Å². The number of carboxylic acid groups (broad SMARTS) is 1. The second kappa shape index (κ2) is 10.8. The molecular weight excluding hydrogens is 448 g/mol. The number of likely N-dealkylation sites (tertiary alicyclic amines) is 1. The fraction of sp³-hybridized carbons (Fsp3) is 0.419. The first-order chi connectivity index (χ1) is 17.5. The first-order valence-corrected chi connectivity index (χ1v) is 13.3. The number of piperidine rings is 1. The third-order valence-electron chi connectivity index (χ3n) is 8.38. The summed E-state index contributed by atoms with van der Waals surface area (Å²) in [6, 6.07) is 25.8. The van der Waals surface area contributed by atoms with E-state index >= 15 is 0 Å². The van der Waals surface area contributed by atoms with Crippen LogP contribution in [-0.4, -0.2) is 41.5 Å². The van der Waals surface area contributed by atoms with Crippen LogP contribution in [0.5, 0.6) is 0 Å². The van der Waals surface area contributed by atoms with Crippen LogP contribution in [0.15, 0.2) is 72.8 Å². The number of hydrogen-bond donors (Lipinski definition) is 2. The molecule has 0 spiro atoms. The smallest absolute Gasteiger partial charge is 0.306 e. The molecular formula is C31H36N2O3. The van der Waals surface area contributed by atoms with Crippen molar-refractivity contribution in [2.45, 2.75) is 44.6 Å². The molecule has 2 N–H and O–H groups in total. The van der Waals surface area contributed by atoms with Crippen molar-refractivity contribution >= 4 is 22.6 Å². The molecule has 3 aromatic rings. The van der Waals surface area contributed by atoms with E-state index in [-0.39, 0.29) is 23.8 Å². The molecule has 0 bridgehead atoms. The van der Waals surface area contributed by atoms with Crippen LogP contribution in [0.25, 0.3) is 10.8 Å². The number of rotatable bonds is 7. The Morgan fingerprint density at radius 1 is 0.944 bits per heavy atom. The Kier molecular flexibility index (Phi) is 7.38. The average molecular weight is 485 g/mol. The van der Waals surface area contributed by atoms with Gasteiger partial charge in [-0.15, -0.1) is 0 Å². The first-order valence-electron chi connectivity index (χ1n) is 13.3. The van der Waals surface area contributed by atoms with Crippen LogP contribution in [0, 0.1) is 17.8 Å². The van der Waals surface area contributed by atoms with Gasteiger partial charge in [-0.1, -0.05) is 72.8 Å². The second-order valence-electron chi connectivity index (χ2n) is 10.6. The Labute approximate surface area is 213 Å². The van der Waals surface area contributed by atoms with E-state index in [1.165, 1.54) is 21.9 Å². The molecule has 188 valence electrons. The van der Waals surface area contributed by atoms with E-state index in [9.17, 15) is 14.7 Å². The maximum Gasteiger partial charge on any atom is 0.306 e. The number of carboxylic acids is 1. The highest BCUT2D eigenvalue weighted by atomic mass is 16.4. The minimum atomic E-state index is -0.766. The third-order valence-corrected chi connectivity index (χ3v) is 8.38. The molecule has 1 amide bonds. The van der Waals surface area contributed by atoms with E-state index in [4.69, 9.17) is 0 Å². The molecule has 36 heavy (non-hydrogen) atoms. The van der Waals surface area contributed by atoms with Crippen molar-refractivity contribution in [3.05, 3.63) is 83.9 Å². The Bertz CT molecular complexity index is 1210. The zero-order chi connectivity index (χ0) is 25.1. The summed E-state index contributed by atoms with van der Waals surface area (Å²) in [4.78, 5) is 26.8. The normalized spacial score (nSPS) is 25.1. The zero-order valence-electron chi connectivity index (χ0n) is 21.0. The van der Waals surface area contributed by atoms with Crippen LogP contribution >= 0.6 is 0 Å². The van der Waals surface area contributed by atoms with Crippen LogP contribution in [-0.2, 0) is 9.59 Å². The lowest BCUT2D eigenvalue weighted by Crippen LogP contribution is -2.48. The van der Waals surface area contributed by atoms with E-state index in [1.54, 1.807) is 0 Å². The molecule has 0 aromatic heterocycles. The maximum atomic E-state index is 13.4. The summed E-state index contributed by atoms with van der Waals surface area (Å²) in [7, 11) is 0. The molecule has 3 aromatic carbocycles. The van der Waals surface area contributed by atoms with E-state index in [0.29, 0.717) is 37.6 Å². The average Bonchev–Trinajstić information content (AvgIpc) is 3.42. The van der Waals surface area contributed by atoms with E-state index < -0.39 is 5.97 Å². The van der Waals surface area contributed by atoms with Gasteiger partial charge in [0.2, 0.25) is 5.91 Å². The number of amides is 1. The Balaban J connectivity index is 1.31. The van der Waals surface area contributed by atoms with Crippen LogP contribution in [0.4, 0.5) is 0 Å². The summed E-state index contributed by atoms with van der Waals surface area (Å²) >= 11 is 0. The molecule has 1 saturated heterocycles. The highest BCUT2D eigenvalue weighted by Crippen LogP contribution is 2.37. The van der Waals surface area contributed by atoms with Crippen molar-refractivity contribution in [3.63, 3.8) is 0 Å². The van der Waals surface area contributed by atoms with Crippen molar-refractivity contribution in [1.82, 2.24) is 10.2 Å². The number of carbonyl (C=O) groups excluding carboxylic acids is 1. The lowest BCUT2D eigenvalue weighted by atomic mass is 9.79. The van der Waals surface area contributed by atoms with Gasteiger partial charge in [-0.3, -0.25) is 9.59 Å². The molecule has 2 fully saturated rings. The topological polar surface area (TPSA) is 69.6 Å². The van der Waals surface area contributed by atoms with Gasteiger partial charge in [-0.25, -0.2) is 0 Å². The summed E-state index contributed by atoms with van der Waals surface area (Å²) in [5.74, 6) is -0.464.